The first-order valence-corrected chi connectivity index (χ1v) is 13.3. The van der Waals surface area contributed by atoms with E-state index in [0.717, 1.165) is 57.3 Å². The molecule has 0 saturated carbocycles. The summed E-state index contributed by atoms with van der Waals surface area (Å²) in [5.74, 6) is 0.594. The lowest BCUT2D eigenvalue weighted by molar-refractivity contribution is -0.122. The molecule has 0 aromatic rings. The van der Waals surface area contributed by atoms with Crippen LogP contribution in [-0.4, -0.2) is 30.5 Å². The zero-order valence-electron chi connectivity index (χ0n) is 20.9. The van der Waals surface area contributed by atoms with Crippen LogP contribution in [0.4, 0.5) is 0 Å². The predicted molar refractivity (Wildman–Crippen MR) is 135 cm³/mol. The lowest BCUT2D eigenvalue weighted by Gasteiger charge is -2.08. The minimum absolute atomic E-state index is 0. The highest BCUT2D eigenvalue weighted by Gasteiger charge is 2.07. The van der Waals surface area contributed by atoms with Gasteiger partial charge in [0.1, 0.15) is 12.3 Å². The molecule has 1 heterocycles. The second-order valence-electron chi connectivity index (χ2n) is 9.51. The Balaban J connectivity index is 0.0000102. The fourth-order valence-corrected chi connectivity index (χ4v) is 4.02. The third-order valence-corrected chi connectivity index (χ3v) is 6.45. The zero-order chi connectivity index (χ0) is 23.3. The van der Waals surface area contributed by atoms with Crippen molar-refractivity contribution >= 4 is 17.4 Å². The maximum absolute atomic E-state index is 11.8. The average Bonchev–Trinajstić information content (AvgIpc) is 3.29. The Bertz CT molecular complexity index is 566. The number of carbonyl (C=O) groups excluding carboxylic acids is 2. The fourth-order valence-electron chi connectivity index (χ4n) is 4.02. The fraction of sp³-hybridized carbons (Fsp3) is 0.885. The zero-order valence-corrected chi connectivity index (χ0v) is 20.9. The van der Waals surface area contributed by atoms with Crippen molar-refractivity contribution in [2.45, 2.75) is 129 Å². The van der Waals surface area contributed by atoms with Crippen molar-refractivity contribution in [3.63, 3.8) is 0 Å². The summed E-state index contributed by atoms with van der Waals surface area (Å²) < 4.78 is 0. The second-order valence-corrected chi connectivity index (χ2v) is 9.51. The van der Waals surface area contributed by atoms with Gasteiger partial charge in [-0.05, 0) is 44.3 Å². The molecule has 0 aromatic heterocycles. The molecule has 1 rings (SSSR count). The van der Waals surface area contributed by atoms with Crippen molar-refractivity contribution in [1.82, 2.24) is 5.32 Å². The Morgan fingerprint density at radius 2 is 1.41 bits per heavy atom. The van der Waals surface area contributed by atoms with Crippen LogP contribution in [0.3, 0.4) is 0 Å². The van der Waals surface area contributed by atoms with E-state index in [0.29, 0.717) is 6.42 Å². The highest BCUT2D eigenvalue weighted by atomic mass is 16.1. The van der Waals surface area contributed by atoms with Gasteiger partial charge in [-0.2, -0.15) is 5.11 Å². The lowest BCUT2D eigenvalue weighted by Crippen LogP contribution is -2.24. The van der Waals surface area contributed by atoms with Crippen LogP contribution >= 0.6 is 0 Å². The highest BCUT2D eigenvalue weighted by molar-refractivity contribution is 5.87. The van der Waals surface area contributed by atoms with E-state index >= 15 is 0 Å². The van der Waals surface area contributed by atoms with Gasteiger partial charge in [0.2, 0.25) is 5.91 Å². The van der Waals surface area contributed by atoms with E-state index < -0.39 is 0 Å². The molecule has 1 atom stereocenters. The van der Waals surface area contributed by atoms with Crippen LogP contribution in [0.1, 0.15) is 131 Å². The van der Waals surface area contributed by atoms with Crippen molar-refractivity contribution in [1.29, 1.82) is 0 Å². The van der Waals surface area contributed by atoms with Crippen LogP contribution in [0.2, 0.25) is 0 Å². The van der Waals surface area contributed by atoms with E-state index in [9.17, 15) is 9.59 Å². The number of nitrogens with one attached hydrogen (secondary N) is 1. The Kier molecular flexibility index (Phi) is 17.8. The van der Waals surface area contributed by atoms with Crippen molar-refractivity contribution in [2.75, 3.05) is 13.1 Å². The number of amides is 1. The van der Waals surface area contributed by atoms with Gasteiger partial charge >= 0.3 is 0 Å². The van der Waals surface area contributed by atoms with Gasteiger partial charge in [-0.3, -0.25) is 9.59 Å². The van der Waals surface area contributed by atoms with Gasteiger partial charge in [0.15, 0.2) is 0 Å². The number of nitrogens with zero attached hydrogens (tertiary/aromatic N) is 3. The number of rotatable bonds is 22. The van der Waals surface area contributed by atoms with Crippen molar-refractivity contribution in [3.8, 4) is 0 Å². The molecule has 0 aliphatic carbocycles. The summed E-state index contributed by atoms with van der Waals surface area (Å²) in [5, 5.41) is 14.6. The number of Topliss-reactive ketones (excluding diaryl/α,β-unsaturated/α-hetero) is 1. The quantitative estimate of drug-likeness (QED) is 0.174. The van der Waals surface area contributed by atoms with E-state index in [1.54, 1.807) is 6.92 Å². The molecule has 186 valence electrons. The molecule has 1 aliphatic rings. The number of ketones is 1. The summed E-state index contributed by atoms with van der Waals surface area (Å²) >= 11 is 0. The molecular weight excluding hydrogens is 400 g/mol. The van der Waals surface area contributed by atoms with Crippen LogP contribution in [-0.2, 0) is 9.59 Å². The van der Waals surface area contributed by atoms with Crippen molar-refractivity contribution in [2.24, 2.45) is 21.4 Å². The molecule has 0 radical (unpaired) electrons. The Hall–Kier alpha value is -1.59. The summed E-state index contributed by atoms with van der Waals surface area (Å²) in [4.78, 5) is 23.0. The number of carbonyl (C=O) groups is 2. The standard InChI is InChI=1S/C26H48N4O2.H2/c1-23(24(2)31)18-16-17-21-27-26(32)20-15-13-11-9-7-5-3-4-6-8-10-12-14-19-25-22-28-30-29-25;/h23H,3-22H2,1-2H3,(H,27,32);1H/t23-;/m0./s1. The molecule has 1 N–H and O–H groups in total. The largest absolute Gasteiger partial charge is 0.356 e. The van der Waals surface area contributed by atoms with Crippen molar-refractivity contribution in [3.05, 3.63) is 0 Å². The third-order valence-electron chi connectivity index (χ3n) is 6.45. The van der Waals surface area contributed by atoms with Crippen LogP contribution in [0.25, 0.3) is 0 Å². The van der Waals surface area contributed by atoms with Crippen LogP contribution in [0.15, 0.2) is 15.4 Å². The SMILES string of the molecule is CC(=O)[C@@H](C)CCCCNC(=O)CCCCCCCCCCCCCCCC1=NN=NC1.[HH]. The van der Waals surface area contributed by atoms with E-state index in [4.69, 9.17) is 0 Å². The average molecular weight is 451 g/mol. The topological polar surface area (TPSA) is 83.2 Å². The van der Waals surface area contributed by atoms with Crippen LogP contribution in [0.5, 0.6) is 0 Å². The van der Waals surface area contributed by atoms with Gasteiger partial charge in [-0.15, -0.1) is 5.10 Å². The van der Waals surface area contributed by atoms with E-state index in [-0.39, 0.29) is 19.0 Å². The molecule has 0 spiro atoms. The van der Waals surface area contributed by atoms with Gasteiger partial charge in [0.05, 0.1) is 5.71 Å². The Morgan fingerprint density at radius 1 is 0.844 bits per heavy atom. The first kappa shape index (κ1) is 28.4. The molecule has 0 bridgehead atoms. The molecule has 6 heteroatoms. The normalized spacial score (nSPS) is 13.9. The maximum atomic E-state index is 11.8. The van der Waals surface area contributed by atoms with Gasteiger partial charge in [0, 0.05) is 20.3 Å². The summed E-state index contributed by atoms with van der Waals surface area (Å²) in [6.45, 7) is 5.10. The van der Waals surface area contributed by atoms with Gasteiger partial charge < -0.3 is 5.32 Å². The molecule has 0 saturated heterocycles. The summed E-state index contributed by atoms with van der Waals surface area (Å²) in [7, 11) is 0. The third kappa shape index (κ3) is 17.0. The molecular formula is C26H50N4O2. The molecule has 0 fully saturated rings. The monoisotopic (exact) mass is 450 g/mol. The number of unbranched alkanes of at least 4 members (excludes halogenated alkanes) is 13. The highest BCUT2D eigenvalue weighted by Crippen LogP contribution is 2.14. The number of hydrogen-bond donors (Lipinski definition) is 1. The maximum Gasteiger partial charge on any atom is 0.219 e. The number of hydrogen-bond acceptors (Lipinski definition) is 5. The molecule has 6 nitrogen and oxygen atoms in total. The lowest BCUT2D eigenvalue weighted by atomic mass is 10.0. The summed E-state index contributed by atoms with van der Waals surface area (Å²) in [6.07, 6.45) is 21.4. The first-order valence-electron chi connectivity index (χ1n) is 13.3. The Morgan fingerprint density at radius 3 is 1.94 bits per heavy atom. The van der Waals surface area contributed by atoms with Crippen molar-refractivity contribution < 1.29 is 11.0 Å². The van der Waals surface area contributed by atoms with Crippen LogP contribution < -0.4 is 5.32 Å². The minimum atomic E-state index is 0. The summed E-state index contributed by atoms with van der Waals surface area (Å²) in [5.41, 5.74) is 1.15. The Labute approximate surface area is 198 Å². The smallest absolute Gasteiger partial charge is 0.219 e. The molecule has 0 unspecified atom stereocenters. The molecule has 1 aliphatic heterocycles. The second kappa shape index (κ2) is 20.0. The predicted octanol–water partition coefficient (Wildman–Crippen LogP) is 7.42. The minimum Gasteiger partial charge on any atom is -0.356 e. The van der Waals surface area contributed by atoms with E-state index in [1.807, 2.05) is 6.92 Å². The summed E-state index contributed by atoms with van der Waals surface area (Å²) in [6, 6.07) is 0. The van der Waals surface area contributed by atoms with E-state index in [1.165, 1.54) is 70.6 Å². The van der Waals surface area contributed by atoms with Crippen LogP contribution in [0, 0.1) is 5.92 Å². The molecule has 32 heavy (non-hydrogen) atoms. The molecule has 1 amide bonds. The first-order chi connectivity index (χ1) is 15.6. The van der Waals surface area contributed by atoms with E-state index in [2.05, 4.69) is 20.8 Å². The van der Waals surface area contributed by atoms with Gasteiger partial charge in [-0.25, -0.2) is 0 Å². The molecule has 0 aromatic carbocycles. The van der Waals surface area contributed by atoms with Gasteiger partial charge in [0.25, 0.3) is 0 Å². The van der Waals surface area contributed by atoms with Gasteiger partial charge in [-0.1, -0.05) is 84.0 Å².